The fourth-order valence-electron chi connectivity index (χ4n) is 2.01. The Morgan fingerprint density at radius 3 is 2.79 bits per heavy atom. The van der Waals surface area contributed by atoms with Crippen molar-refractivity contribution in [2.75, 3.05) is 10.7 Å². The number of hydrazine groups is 1. The standard InChI is InChI=1S/C13H19N5S/c1-3-11-12(15-8-16-13(11)18-14)17-9(2)7-10-5-4-6-19-10/h4-6,8-9H,3,7,14H2,1-2H3,(H2,15,16,17,18). The van der Waals surface area contributed by atoms with E-state index in [1.807, 2.05) is 0 Å². The van der Waals surface area contributed by atoms with Crippen LogP contribution in [-0.4, -0.2) is 16.0 Å². The van der Waals surface area contributed by atoms with Crippen molar-refractivity contribution < 1.29 is 0 Å². The van der Waals surface area contributed by atoms with Crippen LogP contribution in [0.5, 0.6) is 0 Å². The molecule has 0 amide bonds. The van der Waals surface area contributed by atoms with Gasteiger partial charge in [0.05, 0.1) is 0 Å². The van der Waals surface area contributed by atoms with Crippen molar-refractivity contribution in [1.82, 2.24) is 9.97 Å². The average molecular weight is 277 g/mol. The lowest BCUT2D eigenvalue weighted by atomic mass is 10.1. The normalized spacial score (nSPS) is 12.2. The Hall–Kier alpha value is -1.66. The van der Waals surface area contributed by atoms with E-state index in [0.717, 1.165) is 24.2 Å². The molecule has 0 saturated heterocycles. The monoisotopic (exact) mass is 277 g/mol. The van der Waals surface area contributed by atoms with Crippen LogP contribution in [0.1, 0.15) is 24.3 Å². The number of nitrogens with one attached hydrogen (secondary N) is 2. The van der Waals surface area contributed by atoms with Crippen LogP contribution in [0.3, 0.4) is 0 Å². The molecule has 0 saturated carbocycles. The summed E-state index contributed by atoms with van der Waals surface area (Å²) < 4.78 is 0. The molecule has 2 rings (SSSR count). The molecule has 102 valence electrons. The fraction of sp³-hybridized carbons (Fsp3) is 0.385. The summed E-state index contributed by atoms with van der Waals surface area (Å²) in [7, 11) is 0. The minimum atomic E-state index is 0.310. The summed E-state index contributed by atoms with van der Waals surface area (Å²) >= 11 is 1.77. The highest BCUT2D eigenvalue weighted by Gasteiger charge is 2.11. The van der Waals surface area contributed by atoms with E-state index in [9.17, 15) is 0 Å². The topological polar surface area (TPSA) is 75.9 Å². The van der Waals surface area contributed by atoms with E-state index in [2.05, 4.69) is 52.1 Å². The summed E-state index contributed by atoms with van der Waals surface area (Å²) in [5, 5.41) is 5.53. The van der Waals surface area contributed by atoms with E-state index in [-0.39, 0.29) is 0 Å². The van der Waals surface area contributed by atoms with Gasteiger partial charge in [-0.25, -0.2) is 15.8 Å². The molecule has 0 bridgehead atoms. The van der Waals surface area contributed by atoms with Crippen molar-refractivity contribution in [2.24, 2.45) is 5.84 Å². The number of thiophene rings is 1. The van der Waals surface area contributed by atoms with Crippen LogP contribution in [-0.2, 0) is 12.8 Å². The first-order valence-electron chi connectivity index (χ1n) is 6.34. The molecule has 0 radical (unpaired) electrons. The van der Waals surface area contributed by atoms with Crippen LogP contribution in [0.2, 0.25) is 0 Å². The molecule has 2 heterocycles. The van der Waals surface area contributed by atoms with E-state index in [0.29, 0.717) is 11.9 Å². The molecule has 4 N–H and O–H groups in total. The highest BCUT2D eigenvalue weighted by Crippen LogP contribution is 2.21. The van der Waals surface area contributed by atoms with Gasteiger partial charge in [0.15, 0.2) is 0 Å². The quantitative estimate of drug-likeness (QED) is 0.558. The van der Waals surface area contributed by atoms with Crippen molar-refractivity contribution in [2.45, 2.75) is 32.7 Å². The van der Waals surface area contributed by atoms with Crippen molar-refractivity contribution in [1.29, 1.82) is 0 Å². The Bertz CT molecular complexity index is 512. The van der Waals surface area contributed by atoms with Gasteiger partial charge in [-0.05, 0) is 24.8 Å². The third-order valence-corrected chi connectivity index (χ3v) is 3.80. The summed E-state index contributed by atoms with van der Waals surface area (Å²) in [5.74, 6) is 7.01. The molecule has 19 heavy (non-hydrogen) atoms. The Balaban J connectivity index is 2.09. The molecule has 0 aliphatic heterocycles. The highest BCUT2D eigenvalue weighted by molar-refractivity contribution is 7.09. The van der Waals surface area contributed by atoms with Gasteiger partial charge < -0.3 is 10.7 Å². The number of aromatic nitrogens is 2. The zero-order valence-corrected chi connectivity index (χ0v) is 12.0. The first-order valence-corrected chi connectivity index (χ1v) is 7.22. The van der Waals surface area contributed by atoms with Crippen LogP contribution in [0.4, 0.5) is 11.6 Å². The number of hydrogen-bond acceptors (Lipinski definition) is 6. The summed E-state index contributed by atoms with van der Waals surface area (Å²) in [6, 6.07) is 4.53. The molecule has 1 atom stereocenters. The second-order valence-corrected chi connectivity index (χ2v) is 5.41. The molecular weight excluding hydrogens is 258 g/mol. The fourth-order valence-corrected chi connectivity index (χ4v) is 2.85. The predicted molar refractivity (Wildman–Crippen MR) is 80.3 cm³/mol. The SMILES string of the molecule is CCc1c(NN)ncnc1NC(C)Cc1cccs1. The molecule has 5 nitrogen and oxygen atoms in total. The van der Waals surface area contributed by atoms with Gasteiger partial charge in [0.2, 0.25) is 0 Å². The van der Waals surface area contributed by atoms with Crippen LogP contribution >= 0.6 is 11.3 Å². The zero-order valence-electron chi connectivity index (χ0n) is 11.2. The van der Waals surface area contributed by atoms with Gasteiger partial charge in [0.1, 0.15) is 18.0 Å². The third kappa shape index (κ3) is 3.42. The minimum Gasteiger partial charge on any atom is -0.367 e. The number of nitrogens with zero attached hydrogens (tertiary/aromatic N) is 2. The molecule has 0 aliphatic carbocycles. The van der Waals surface area contributed by atoms with Gasteiger partial charge in [-0.1, -0.05) is 13.0 Å². The van der Waals surface area contributed by atoms with Crippen molar-refractivity contribution in [3.05, 3.63) is 34.3 Å². The molecule has 0 spiro atoms. The first kappa shape index (κ1) is 13.8. The lowest BCUT2D eigenvalue weighted by Crippen LogP contribution is -2.21. The predicted octanol–water partition coefficient (Wildman–Crippen LogP) is 2.43. The van der Waals surface area contributed by atoms with E-state index in [4.69, 9.17) is 5.84 Å². The maximum Gasteiger partial charge on any atom is 0.148 e. The first-order chi connectivity index (χ1) is 9.24. The molecule has 0 aliphatic rings. The van der Waals surface area contributed by atoms with Crippen LogP contribution < -0.4 is 16.6 Å². The second-order valence-electron chi connectivity index (χ2n) is 4.38. The van der Waals surface area contributed by atoms with E-state index in [1.54, 1.807) is 11.3 Å². The van der Waals surface area contributed by atoms with E-state index >= 15 is 0 Å². The van der Waals surface area contributed by atoms with E-state index < -0.39 is 0 Å². The van der Waals surface area contributed by atoms with E-state index in [1.165, 1.54) is 11.2 Å². The lowest BCUT2D eigenvalue weighted by molar-refractivity contribution is 0.789. The Labute approximate surface area is 117 Å². The van der Waals surface area contributed by atoms with Crippen LogP contribution in [0.25, 0.3) is 0 Å². The minimum absolute atomic E-state index is 0.310. The van der Waals surface area contributed by atoms with Gasteiger partial charge in [0, 0.05) is 22.9 Å². The van der Waals surface area contributed by atoms with Gasteiger partial charge in [-0.3, -0.25) is 0 Å². The summed E-state index contributed by atoms with van der Waals surface area (Å²) in [6.07, 6.45) is 3.33. The average Bonchev–Trinajstić information content (AvgIpc) is 2.91. The summed E-state index contributed by atoms with van der Waals surface area (Å²) in [4.78, 5) is 9.80. The van der Waals surface area contributed by atoms with Gasteiger partial charge >= 0.3 is 0 Å². The number of hydrogen-bond donors (Lipinski definition) is 3. The number of nitrogens with two attached hydrogens (primary N) is 1. The number of anilines is 2. The molecular formula is C13H19N5S. The Morgan fingerprint density at radius 1 is 1.37 bits per heavy atom. The zero-order chi connectivity index (χ0) is 13.7. The molecule has 2 aromatic heterocycles. The molecule has 6 heteroatoms. The third-order valence-electron chi connectivity index (χ3n) is 2.91. The number of nitrogen functional groups attached to an aromatic ring is 1. The van der Waals surface area contributed by atoms with Gasteiger partial charge in [-0.2, -0.15) is 0 Å². The summed E-state index contributed by atoms with van der Waals surface area (Å²) in [6.45, 7) is 4.21. The lowest BCUT2D eigenvalue weighted by Gasteiger charge is -2.17. The molecule has 0 aromatic carbocycles. The van der Waals surface area contributed by atoms with Crippen molar-refractivity contribution >= 4 is 23.0 Å². The smallest absolute Gasteiger partial charge is 0.148 e. The van der Waals surface area contributed by atoms with Gasteiger partial charge in [0.25, 0.3) is 0 Å². The Morgan fingerprint density at radius 2 is 2.16 bits per heavy atom. The van der Waals surface area contributed by atoms with Crippen molar-refractivity contribution in [3.8, 4) is 0 Å². The largest absolute Gasteiger partial charge is 0.367 e. The van der Waals surface area contributed by atoms with Crippen LogP contribution in [0.15, 0.2) is 23.8 Å². The summed E-state index contributed by atoms with van der Waals surface area (Å²) in [5.41, 5.74) is 3.63. The molecule has 1 unspecified atom stereocenters. The molecule has 2 aromatic rings. The Kier molecular flexibility index (Phi) is 4.70. The number of rotatable bonds is 6. The van der Waals surface area contributed by atoms with Gasteiger partial charge in [-0.15, -0.1) is 11.3 Å². The highest BCUT2D eigenvalue weighted by atomic mass is 32.1. The van der Waals surface area contributed by atoms with Crippen molar-refractivity contribution in [3.63, 3.8) is 0 Å². The molecule has 0 fully saturated rings. The van der Waals surface area contributed by atoms with Crippen LogP contribution in [0, 0.1) is 0 Å². The maximum absolute atomic E-state index is 5.47. The second kappa shape index (κ2) is 6.49. The maximum atomic E-state index is 5.47.